The van der Waals surface area contributed by atoms with Crippen molar-refractivity contribution in [2.75, 3.05) is 6.54 Å². The largest absolute Gasteiger partial charge is 0.508 e. The highest BCUT2D eigenvalue weighted by atomic mass is 16.3. The Morgan fingerprint density at radius 2 is 2.21 bits per heavy atom. The fourth-order valence-corrected chi connectivity index (χ4v) is 1.05. The molecule has 0 aliphatic carbocycles. The molecule has 14 heavy (non-hydrogen) atoms. The maximum atomic E-state index is 11.5. The average Bonchev–Trinajstić information content (AvgIpc) is 2.14. The van der Waals surface area contributed by atoms with Gasteiger partial charge in [0.25, 0.3) is 5.91 Å². The summed E-state index contributed by atoms with van der Waals surface area (Å²) in [5.74, 6) is 0.396. The van der Waals surface area contributed by atoms with Crippen molar-refractivity contribution in [1.29, 1.82) is 0 Å². The number of phenolic OH excluding ortho intramolecular Hbond substituents is 1. The summed E-state index contributed by atoms with van der Waals surface area (Å²) in [6.45, 7) is 4.71. The van der Waals surface area contributed by atoms with Gasteiger partial charge in [-0.25, -0.2) is 0 Å². The van der Waals surface area contributed by atoms with Crippen molar-refractivity contribution in [2.24, 2.45) is 5.92 Å². The number of nitrogens with one attached hydrogen (secondary N) is 1. The molecule has 1 aromatic carbocycles. The Labute approximate surface area is 83.8 Å². The summed E-state index contributed by atoms with van der Waals surface area (Å²) in [6, 6.07) is 6.32. The van der Waals surface area contributed by atoms with Gasteiger partial charge in [-0.1, -0.05) is 19.9 Å². The molecular formula is C11H15NO2. The number of hydrogen-bond donors (Lipinski definition) is 2. The second-order valence-electron chi connectivity index (χ2n) is 3.65. The number of phenols is 1. The first-order valence-corrected chi connectivity index (χ1v) is 4.67. The zero-order valence-corrected chi connectivity index (χ0v) is 8.45. The molecule has 0 unspecified atom stereocenters. The van der Waals surface area contributed by atoms with E-state index in [1.165, 1.54) is 6.07 Å². The maximum Gasteiger partial charge on any atom is 0.251 e. The molecule has 0 aliphatic rings. The van der Waals surface area contributed by atoms with Gasteiger partial charge in [-0.05, 0) is 24.1 Å². The predicted octanol–water partition coefficient (Wildman–Crippen LogP) is 1.78. The molecule has 2 N–H and O–H groups in total. The zero-order valence-electron chi connectivity index (χ0n) is 8.45. The third-order valence-electron chi connectivity index (χ3n) is 1.78. The lowest BCUT2D eigenvalue weighted by Crippen LogP contribution is -2.27. The van der Waals surface area contributed by atoms with Gasteiger partial charge >= 0.3 is 0 Å². The van der Waals surface area contributed by atoms with Crippen LogP contribution in [-0.2, 0) is 0 Å². The Kier molecular flexibility index (Phi) is 3.51. The first-order chi connectivity index (χ1) is 6.59. The first kappa shape index (κ1) is 10.6. The lowest BCUT2D eigenvalue weighted by atomic mass is 10.2. The van der Waals surface area contributed by atoms with Gasteiger partial charge in [0.1, 0.15) is 5.75 Å². The van der Waals surface area contributed by atoms with Gasteiger partial charge in [0.2, 0.25) is 0 Å². The van der Waals surface area contributed by atoms with Crippen molar-refractivity contribution in [3.63, 3.8) is 0 Å². The van der Waals surface area contributed by atoms with Crippen LogP contribution in [0.15, 0.2) is 24.3 Å². The SMILES string of the molecule is CC(C)CNC(=O)c1cccc(O)c1. The van der Waals surface area contributed by atoms with Crippen LogP contribution in [0.5, 0.6) is 5.75 Å². The number of amides is 1. The summed E-state index contributed by atoms with van der Waals surface area (Å²) in [6.07, 6.45) is 0. The minimum absolute atomic E-state index is 0.113. The number of hydrogen-bond acceptors (Lipinski definition) is 2. The highest BCUT2D eigenvalue weighted by Gasteiger charge is 2.05. The molecule has 0 saturated heterocycles. The average molecular weight is 193 g/mol. The van der Waals surface area contributed by atoms with Crippen LogP contribution in [0.25, 0.3) is 0 Å². The zero-order chi connectivity index (χ0) is 10.6. The summed E-state index contributed by atoms with van der Waals surface area (Å²) >= 11 is 0. The van der Waals surface area contributed by atoms with Crippen molar-refractivity contribution in [3.05, 3.63) is 29.8 Å². The predicted molar refractivity (Wildman–Crippen MR) is 55.3 cm³/mol. The minimum atomic E-state index is -0.144. The van der Waals surface area contributed by atoms with Crippen molar-refractivity contribution in [3.8, 4) is 5.75 Å². The van der Waals surface area contributed by atoms with E-state index in [1.807, 2.05) is 13.8 Å². The lowest BCUT2D eigenvalue weighted by Gasteiger charge is -2.07. The first-order valence-electron chi connectivity index (χ1n) is 4.67. The van der Waals surface area contributed by atoms with Gasteiger partial charge in [-0.15, -0.1) is 0 Å². The molecule has 0 spiro atoms. The van der Waals surface area contributed by atoms with E-state index < -0.39 is 0 Å². The number of benzene rings is 1. The van der Waals surface area contributed by atoms with Crippen molar-refractivity contribution in [1.82, 2.24) is 5.32 Å². The highest BCUT2D eigenvalue weighted by molar-refractivity contribution is 5.94. The monoisotopic (exact) mass is 193 g/mol. The van der Waals surface area contributed by atoms with Gasteiger partial charge < -0.3 is 10.4 Å². The van der Waals surface area contributed by atoms with Gasteiger partial charge in [-0.3, -0.25) is 4.79 Å². The topological polar surface area (TPSA) is 49.3 Å². The fraction of sp³-hybridized carbons (Fsp3) is 0.364. The molecule has 0 aliphatic heterocycles. The Balaban J connectivity index is 2.61. The standard InChI is InChI=1S/C11H15NO2/c1-8(2)7-12-11(14)9-4-3-5-10(13)6-9/h3-6,8,13H,7H2,1-2H3,(H,12,14). The Morgan fingerprint density at radius 3 is 2.79 bits per heavy atom. The van der Waals surface area contributed by atoms with Crippen LogP contribution in [0.3, 0.4) is 0 Å². The molecule has 3 nitrogen and oxygen atoms in total. The summed E-state index contributed by atoms with van der Waals surface area (Å²) in [7, 11) is 0. The number of carbonyl (C=O) groups is 1. The van der Waals surface area contributed by atoms with Crippen molar-refractivity contribution < 1.29 is 9.90 Å². The van der Waals surface area contributed by atoms with E-state index in [4.69, 9.17) is 5.11 Å². The Hall–Kier alpha value is -1.51. The van der Waals surface area contributed by atoms with E-state index in [1.54, 1.807) is 18.2 Å². The molecule has 0 saturated carbocycles. The molecule has 0 atom stereocenters. The second kappa shape index (κ2) is 4.65. The molecule has 0 heterocycles. The lowest BCUT2D eigenvalue weighted by molar-refractivity contribution is 0.0948. The van der Waals surface area contributed by atoms with Crippen LogP contribution in [0.1, 0.15) is 24.2 Å². The maximum absolute atomic E-state index is 11.5. The summed E-state index contributed by atoms with van der Waals surface area (Å²) in [5, 5.41) is 11.9. The molecule has 0 aromatic heterocycles. The van der Waals surface area contributed by atoms with E-state index in [9.17, 15) is 4.79 Å². The molecule has 1 rings (SSSR count). The molecule has 0 bridgehead atoms. The number of aromatic hydroxyl groups is 1. The van der Waals surface area contributed by atoms with E-state index >= 15 is 0 Å². The van der Waals surface area contributed by atoms with Crippen LogP contribution >= 0.6 is 0 Å². The number of rotatable bonds is 3. The van der Waals surface area contributed by atoms with Gasteiger partial charge in [0, 0.05) is 12.1 Å². The molecule has 0 radical (unpaired) electrons. The number of carbonyl (C=O) groups excluding carboxylic acids is 1. The summed E-state index contributed by atoms with van der Waals surface area (Å²) in [4.78, 5) is 11.5. The summed E-state index contributed by atoms with van der Waals surface area (Å²) in [5.41, 5.74) is 0.491. The molecule has 1 aromatic rings. The Morgan fingerprint density at radius 1 is 1.50 bits per heavy atom. The van der Waals surface area contributed by atoms with E-state index in [0.29, 0.717) is 18.0 Å². The molecule has 0 fully saturated rings. The van der Waals surface area contributed by atoms with Crippen molar-refractivity contribution in [2.45, 2.75) is 13.8 Å². The van der Waals surface area contributed by atoms with Crippen LogP contribution < -0.4 is 5.32 Å². The molecule has 76 valence electrons. The van der Waals surface area contributed by atoms with E-state index in [-0.39, 0.29) is 11.7 Å². The van der Waals surface area contributed by atoms with Crippen LogP contribution in [0.4, 0.5) is 0 Å². The van der Waals surface area contributed by atoms with Crippen LogP contribution in [0.2, 0.25) is 0 Å². The molecule has 1 amide bonds. The van der Waals surface area contributed by atoms with Gasteiger partial charge in [0.15, 0.2) is 0 Å². The fourth-order valence-electron chi connectivity index (χ4n) is 1.05. The van der Waals surface area contributed by atoms with E-state index in [2.05, 4.69) is 5.32 Å². The third-order valence-corrected chi connectivity index (χ3v) is 1.78. The summed E-state index contributed by atoms with van der Waals surface area (Å²) < 4.78 is 0. The normalized spacial score (nSPS) is 10.2. The quantitative estimate of drug-likeness (QED) is 0.768. The van der Waals surface area contributed by atoms with Crippen LogP contribution in [0, 0.1) is 5.92 Å². The van der Waals surface area contributed by atoms with E-state index in [0.717, 1.165) is 0 Å². The third kappa shape index (κ3) is 3.09. The highest BCUT2D eigenvalue weighted by Crippen LogP contribution is 2.10. The minimum Gasteiger partial charge on any atom is -0.508 e. The second-order valence-corrected chi connectivity index (χ2v) is 3.65. The molecular weight excluding hydrogens is 178 g/mol. The molecule has 3 heteroatoms. The van der Waals surface area contributed by atoms with Gasteiger partial charge in [0.05, 0.1) is 0 Å². The Bertz CT molecular complexity index is 321. The van der Waals surface area contributed by atoms with Crippen molar-refractivity contribution >= 4 is 5.91 Å². The van der Waals surface area contributed by atoms with Crippen LogP contribution in [-0.4, -0.2) is 17.6 Å². The smallest absolute Gasteiger partial charge is 0.251 e. The van der Waals surface area contributed by atoms with Gasteiger partial charge in [-0.2, -0.15) is 0 Å².